The summed E-state index contributed by atoms with van der Waals surface area (Å²) in [5.41, 5.74) is 0. The van der Waals surface area contributed by atoms with Crippen molar-refractivity contribution in [2.24, 2.45) is 7.05 Å². The number of carbonyl (C=O) groups is 1. The van der Waals surface area contributed by atoms with Crippen molar-refractivity contribution in [2.45, 2.75) is 13.3 Å². The number of rotatable bonds is 1. The molecule has 2 rings (SSSR count). The van der Waals surface area contributed by atoms with E-state index in [1.165, 1.54) is 0 Å². The molecule has 0 aliphatic carbocycles. The van der Waals surface area contributed by atoms with Crippen LogP contribution in [0.4, 0.5) is 10.7 Å². The summed E-state index contributed by atoms with van der Waals surface area (Å²) < 4.78 is 6.92. The summed E-state index contributed by atoms with van der Waals surface area (Å²) in [4.78, 5) is 17.8. The summed E-state index contributed by atoms with van der Waals surface area (Å²) in [6.07, 6.45) is 0.863. The number of carbonyl (C=O) groups excluding carboxylic acids is 1. The van der Waals surface area contributed by atoms with E-state index in [4.69, 9.17) is 4.74 Å². The van der Waals surface area contributed by atoms with Gasteiger partial charge in [0.2, 0.25) is 5.95 Å². The van der Waals surface area contributed by atoms with Crippen LogP contribution in [0.1, 0.15) is 12.2 Å². The largest absolute Gasteiger partial charge is 0.380 e. The smallest absolute Gasteiger partial charge is 0.324 e. The van der Waals surface area contributed by atoms with Crippen molar-refractivity contribution in [3.8, 4) is 0 Å². The molecule has 0 atom stereocenters. The van der Waals surface area contributed by atoms with E-state index in [1.807, 2.05) is 6.92 Å². The third-order valence-corrected chi connectivity index (χ3v) is 2.71. The van der Waals surface area contributed by atoms with Crippen LogP contribution in [0.25, 0.3) is 0 Å². The molecule has 1 aromatic rings. The molecule has 0 saturated carbocycles. The number of nitrogens with zero attached hydrogens (tertiary/aromatic N) is 4. The van der Waals surface area contributed by atoms with E-state index in [0.29, 0.717) is 32.3 Å². The van der Waals surface area contributed by atoms with E-state index in [-0.39, 0.29) is 6.03 Å². The molecule has 2 heterocycles. The summed E-state index contributed by atoms with van der Waals surface area (Å²) in [6.45, 7) is 4.45. The zero-order chi connectivity index (χ0) is 12.3. The van der Waals surface area contributed by atoms with Gasteiger partial charge in [0.15, 0.2) is 0 Å². The summed E-state index contributed by atoms with van der Waals surface area (Å²) in [5.74, 6) is 1.11. The van der Waals surface area contributed by atoms with E-state index in [9.17, 15) is 4.79 Å². The normalized spacial score (nSPS) is 16.7. The van der Waals surface area contributed by atoms with Crippen LogP contribution >= 0.6 is 0 Å². The first-order valence-electron chi connectivity index (χ1n) is 5.68. The standard InChI is InChI=1S/C10H17N5O2/c1-8-11-9(13-14(8)2)12-10(16)15-4-3-6-17-7-5-15/h3-7H2,1-2H3,(H,12,13,16). The predicted octanol–water partition coefficient (Wildman–Crippen LogP) is 0.378. The van der Waals surface area contributed by atoms with Crippen LogP contribution in [0, 0.1) is 6.92 Å². The topological polar surface area (TPSA) is 72.3 Å². The third kappa shape index (κ3) is 2.94. The van der Waals surface area contributed by atoms with Gasteiger partial charge in [0.25, 0.3) is 0 Å². The lowest BCUT2D eigenvalue weighted by molar-refractivity contribution is 0.144. The Kier molecular flexibility index (Phi) is 3.58. The van der Waals surface area contributed by atoms with Crippen LogP contribution in [0.3, 0.4) is 0 Å². The van der Waals surface area contributed by atoms with Crippen molar-refractivity contribution in [3.63, 3.8) is 0 Å². The molecule has 0 spiro atoms. The Bertz CT molecular complexity index is 376. The minimum absolute atomic E-state index is 0.166. The van der Waals surface area contributed by atoms with Crippen molar-refractivity contribution in [3.05, 3.63) is 5.82 Å². The number of ether oxygens (including phenoxy) is 1. The Hall–Kier alpha value is -1.63. The van der Waals surface area contributed by atoms with E-state index in [0.717, 1.165) is 12.2 Å². The lowest BCUT2D eigenvalue weighted by atomic mass is 10.4. The zero-order valence-corrected chi connectivity index (χ0v) is 10.1. The van der Waals surface area contributed by atoms with Gasteiger partial charge < -0.3 is 9.64 Å². The Morgan fingerprint density at radius 3 is 2.94 bits per heavy atom. The number of hydrogen-bond acceptors (Lipinski definition) is 4. The van der Waals surface area contributed by atoms with Gasteiger partial charge in [-0.25, -0.2) is 4.79 Å². The second kappa shape index (κ2) is 5.13. The van der Waals surface area contributed by atoms with Crippen molar-refractivity contribution in [1.82, 2.24) is 19.7 Å². The SMILES string of the molecule is Cc1nc(NC(=O)N2CCCOCC2)nn1C. The molecule has 1 aliphatic rings. The van der Waals surface area contributed by atoms with Gasteiger partial charge in [-0.3, -0.25) is 10.00 Å². The molecule has 2 amide bonds. The molecule has 7 nitrogen and oxygen atoms in total. The van der Waals surface area contributed by atoms with Crippen molar-refractivity contribution >= 4 is 12.0 Å². The van der Waals surface area contributed by atoms with Crippen LogP contribution in [0.15, 0.2) is 0 Å². The van der Waals surface area contributed by atoms with Gasteiger partial charge in [-0.1, -0.05) is 0 Å². The fourth-order valence-corrected chi connectivity index (χ4v) is 1.64. The average Bonchev–Trinajstić information content (AvgIpc) is 2.54. The van der Waals surface area contributed by atoms with E-state index < -0.39 is 0 Å². The monoisotopic (exact) mass is 239 g/mol. The molecule has 17 heavy (non-hydrogen) atoms. The molecule has 1 aliphatic heterocycles. The maximum absolute atomic E-state index is 11.9. The van der Waals surface area contributed by atoms with E-state index in [2.05, 4.69) is 15.4 Å². The molecule has 1 saturated heterocycles. The number of aromatic nitrogens is 3. The first-order chi connectivity index (χ1) is 8.16. The van der Waals surface area contributed by atoms with Crippen LogP contribution in [0.2, 0.25) is 0 Å². The number of nitrogens with one attached hydrogen (secondary N) is 1. The van der Waals surface area contributed by atoms with Crippen LogP contribution in [-0.4, -0.2) is 52.0 Å². The Labute approximate surface area is 99.8 Å². The van der Waals surface area contributed by atoms with Gasteiger partial charge in [0.05, 0.1) is 6.61 Å². The summed E-state index contributed by atoms with van der Waals surface area (Å²) >= 11 is 0. The summed E-state index contributed by atoms with van der Waals surface area (Å²) in [7, 11) is 1.79. The summed E-state index contributed by atoms with van der Waals surface area (Å²) in [5, 5.41) is 6.77. The fraction of sp³-hybridized carbons (Fsp3) is 0.700. The molecule has 1 fully saturated rings. The minimum Gasteiger partial charge on any atom is -0.380 e. The first-order valence-corrected chi connectivity index (χ1v) is 5.68. The average molecular weight is 239 g/mol. The van der Waals surface area contributed by atoms with Crippen molar-refractivity contribution in [2.75, 3.05) is 31.6 Å². The highest BCUT2D eigenvalue weighted by atomic mass is 16.5. The maximum Gasteiger partial charge on any atom is 0.324 e. The minimum atomic E-state index is -0.166. The zero-order valence-electron chi connectivity index (χ0n) is 10.1. The van der Waals surface area contributed by atoms with Gasteiger partial charge >= 0.3 is 6.03 Å². The molecule has 0 radical (unpaired) electrons. The molecule has 94 valence electrons. The molecule has 1 aromatic heterocycles. The number of hydrogen-bond donors (Lipinski definition) is 1. The highest BCUT2D eigenvalue weighted by Gasteiger charge is 2.17. The first kappa shape index (κ1) is 11.8. The van der Waals surface area contributed by atoms with E-state index in [1.54, 1.807) is 16.6 Å². The summed E-state index contributed by atoms with van der Waals surface area (Å²) in [6, 6.07) is -0.166. The van der Waals surface area contributed by atoms with Gasteiger partial charge in [-0.2, -0.15) is 4.98 Å². The predicted molar refractivity (Wildman–Crippen MR) is 61.8 cm³/mol. The number of amides is 2. The molecule has 0 bridgehead atoms. The van der Waals surface area contributed by atoms with Gasteiger partial charge in [-0.05, 0) is 13.3 Å². The van der Waals surface area contributed by atoms with Crippen LogP contribution in [-0.2, 0) is 11.8 Å². The number of urea groups is 1. The second-order valence-corrected chi connectivity index (χ2v) is 3.99. The van der Waals surface area contributed by atoms with Gasteiger partial charge in [0.1, 0.15) is 5.82 Å². The van der Waals surface area contributed by atoms with Crippen LogP contribution < -0.4 is 5.32 Å². The molecule has 0 aromatic carbocycles. The Morgan fingerprint density at radius 2 is 2.24 bits per heavy atom. The maximum atomic E-state index is 11.9. The second-order valence-electron chi connectivity index (χ2n) is 3.99. The third-order valence-electron chi connectivity index (χ3n) is 2.71. The quantitative estimate of drug-likeness (QED) is 0.769. The molecular formula is C10H17N5O2. The number of anilines is 1. The van der Waals surface area contributed by atoms with Crippen molar-refractivity contribution < 1.29 is 9.53 Å². The fourth-order valence-electron chi connectivity index (χ4n) is 1.64. The van der Waals surface area contributed by atoms with E-state index >= 15 is 0 Å². The number of aryl methyl sites for hydroxylation is 2. The molecule has 1 N–H and O–H groups in total. The highest BCUT2D eigenvalue weighted by molar-refractivity contribution is 5.87. The Morgan fingerprint density at radius 1 is 1.41 bits per heavy atom. The molecular weight excluding hydrogens is 222 g/mol. The highest BCUT2D eigenvalue weighted by Crippen LogP contribution is 2.05. The van der Waals surface area contributed by atoms with Crippen LogP contribution in [0.5, 0.6) is 0 Å². The lowest BCUT2D eigenvalue weighted by Crippen LogP contribution is -2.37. The Balaban J connectivity index is 1.95. The lowest BCUT2D eigenvalue weighted by Gasteiger charge is -2.18. The van der Waals surface area contributed by atoms with Gasteiger partial charge in [-0.15, -0.1) is 5.10 Å². The van der Waals surface area contributed by atoms with Gasteiger partial charge in [0, 0.05) is 26.7 Å². The molecule has 0 unspecified atom stereocenters. The van der Waals surface area contributed by atoms with Crippen molar-refractivity contribution in [1.29, 1.82) is 0 Å². The molecule has 7 heteroatoms.